The molecule has 0 fully saturated rings. The Morgan fingerprint density at radius 3 is 2.76 bits per heavy atom. The molecule has 17 heavy (non-hydrogen) atoms. The van der Waals surface area contributed by atoms with Crippen molar-refractivity contribution in [1.29, 1.82) is 0 Å². The molecule has 88 valence electrons. The van der Waals surface area contributed by atoms with Gasteiger partial charge in [-0.3, -0.25) is 4.79 Å². The lowest BCUT2D eigenvalue weighted by molar-refractivity contribution is -0.139. The zero-order chi connectivity index (χ0) is 12.7. The number of ether oxygens (including phenoxy) is 1. The number of aliphatic carboxylic acids is 1. The van der Waals surface area contributed by atoms with Crippen molar-refractivity contribution in [2.75, 3.05) is 11.9 Å². The van der Waals surface area contributed by atoms with E-state index in [2.05, 4.69) is 17.2 Å². The van der Waals surface area contributed by atoms with Gasteiger partial charge in [0.1, 0.15) is 5.75 Å². The van der Waals surface area contributed by atoms with Crippen LogP contribution in [0, 0.1) is 11.8 Å². The van der Waals surface area contributed by atoms with E-state index in [0.717, 1.165) is 0 Å². The Morgan fingerprint density at radius 2 is 2.12 bits per heavy atom. The number of carboxylic acids is 1. The predicted octanol–water partition coefficient (Wildman–Crippen LogP) is 1.11. The fourth-order valence-corrected chi connectivity index (χ4v) is 1.10. The number of carbonyl (C=O) groups is 2. The number of hydrogen-bond acceptors (Lipinski definition) is 3. The molecule has 0 saturated carbocycles. The highest BCUT2D eigenvalue weighted by molar-refractivity contribution is 6.04. The Kier molecular flexibility index (Phi) is 4.58. The smallest absolute Gasteiger partial charge is 0.341 e. The highest BCUT2D eigenvalue weighted by atomic mass is 16.5. The Bertz CT molecular complexity index is 485. The first-order chi connectivity index (χ1) is 8.13. The molecule has 0 saturated heterocycles. The third kappa shape index (κ3) is 4.26. The molecule has 0 unspecified atom stereocenters. The van der Waals surface area contributed by atoms with Gasteiger partial charge in [-0.05, 0) is 25.0 Å². The van der Waals surface area contributed by atoms with Gasteiger partial charge in [0.15, 0.2) is 6.61 Å². The van der Waals surface area contributed by atoms with E-state index in [9.17, 15) is 9.59 Å². The number of carboxylic acid groups (broad SMARTS) is 1. The van der Waals surface area contributed by atoms with Gasteiger partial charge in [0.05, 0.1) is 5.69 Å². The molecule has 0 aliphatic rings. The first kappa shape index (κ1) is 12.6. The summed E-state index contributed by atoms with van der Waals surface area (Å²) >= 11 is 0. The quantitative estimate of drug-likeness (QED) is 0.764. The Hall–Kier alpha value is -2.48. The summed E-state index contributed by atoms with van der Waals surface area (Å²) in [5, 5.41) is 11.0. The molecule has 0 bridgehead atoms. The van der Waals surface area contributed by atoms with Gasteiger partial charge in [0, 0.05) is 0 Å². The summed E-state index contributed by atoms with van der Waals surface area (Å²) in [5.74, 6) is 3.51. The van der Waals surface area contributed by atoms with E-state index in [0.29, 0.717) is 11.4 Å². The third-order valence-corrected chi connectivity index (χ3v) is 1.72. The molecule has 0 radical (unpaired) electrons. The van der Waals surface area contributed by atoms with Crippen LogP contribution in [0.3, 0.4) is 0 Å². The minimum Gasteiger partial charge on any atom is -0.480 e. The van der Waals surface area contributed by atoms with Crippen LogP contribution in [-0.2, 0) is 9.59 Å². The number of para-hydroxylation sites is 2. The van der Waals surface area contributed by atoms with Gasteiger partial charge in [0.2, 0.25) is 0 Å². The second-order valence-corrected chi connectivity index (χ2v) is 3.01. The van der Waals surface area contributed by atoms with Crippen LogP contribution >= 0.6 is 0 Å². The summed E-state index contributed by atoms with van der Waals surface area (Å²) in [5.41, 5.74) is 0.390. The predicted molar refractivity (Wildman–Crippen MR) is 61.7 cm³/mol. The number of amides is 1. The van der Waals surface area contributed by atoms with E-state index in [-0.39, 0.29) is 0 Å². The topological polar surface area (TPSA) is 75.6 Å². The van der Waals surface area contributed by atoms with Crippen LogP contribution in [0.4, 0.5) is 5.69 Å². The van der Waals surface area contributed by atoms with Crippen LogP contribution in [0.2, 0.25) is 0 Å². The van der Waals surface area contributed by atoms with Crippen molar-refractivity contribution in [2.24, 2.45) is 0 Å². The molecule has 0 aromatic heterocycles. The molecular weight excluding hydrogens is 222 g/mol. The van der Waals surface area contributed by atoms with E-state index < -0.39 is 18.5 Å². The summed E-state index contributed by atoms with van der Waals surface area (Å²) in [4.78, 5) is 21.6. The number of hydrogen-bond donors (Lipinski definition) is 2. The maximum absolute atomic E-state index is 11.2. The van der Waals surface area contributed by atoms with Crippen molar-refractivity contribution in [3.05, 3.63) is 24.3 Å². The van der Waals surface area contributed by atoms with Gasteiger partial charge in [0.25, 0.3) is 5.91 Å². The molecule has 1 amide bonds. The standard InChI is InChI=1S/C12H11NO4/c1-2-5-11(14)13-9-6-3-4-7-10(9)17-8-12(15)16/h3-4,6-7H,8H2,1H3,(H,13,14)(H,15,16). The van der Waals surface area contributed by atoms with Gasteiger partial charge in [-0.25, -0.2) is 4.79 Å². The lowest BCUT2D eigenvalue weighted by Gasteiger charge is -2.09. The largest absolute Gasteiger partial charge is 0.480 e. The van der Waals surface area contributed by atoms with Crippen LogP contribution in [0.15, 0.2) is 24.3 Å². The van der Waals surface area contributed by atoms with E-state index in [4.69, 9.17) is 9.84 Å². The highest BCUT2D eigenvalue weighted by Crippen LogP contribution is 2.23. The highest BCUT2D eigenvalue weighted by Gasteiger charge is 2.06. The van der Waals surface area contributed by atoms with Gasteiger partial charge < -0.3 is 15.2 Å². The van der Waals surface area contributed by atoms with Crippen molar-refractivity contribution in [3.63, 3.8) is 0 Å². The SMILES string of the molecule is CC#CC(=O)Nc1ccccc1OCC(=O)O. The molecule has 1 aromatic carbocycles. The fourth-order valence-electron chi connectivity index (χ4n) is 1.10. The van der Waals surface area contributed by atoms with Crippen molar-refractivity contribution < 1.29 is 19.4 Å². The molecule has 0 spiro atoms. The molecule has 5 heteroatoms. The summed E-state index contributed by atoms with van der Waals surface area (Å²) in [6.07, 6.45) is 0. The van der Waals surface area contributed by atoms with E-state index in [1.807, 2.05) is 0 Å². The van der Waals surface area contributed by atoms with Crippen LogP contribution < -0.4 is 10.1 Å². The zero-order valence-electron chi connectivity index (χ0n) is 9.19. The average molecular weight is 233 g/mol. The maximum atomic E-state index is 11.2. The van der Waals surface area contributed by atoms with Gasteiger partial charge >= 0.3 is 5.97 Å². The van der Waals surface area contributed by atoms with E-state index >= 15 is 0 Å². The molecule has 0 atom stereocenters. The van der Waals surface area contributed by atoms with E-state index in [1.165, 1.54) is 0 Å². The maximum Gasteiger partial charge on any atom is 0.341 e. The molecule has 0 aliphatic heterocycles. The van der Waals surface area contributed by atoms with Crippen LogP contribution in [0.5, 0.6) is 5.75 Å². The average Bonchev–Trinajstić information content (AvgIpc) is 2.28. The Labute approximate surface area is 98.4 Å². The number of carbonyl (C=O) groups excluding carboxylic acids is 1. The Morgan fingerprint density at radius 1 is 1.41 bits per heavy atom. The lowest BCUT2D eigenvalue weighted by atomic mass is 10.3. The fraction of sp³-hybridized carbons (Fsp3) is 0.167. The van der Waals surface area contributed by atoms with Crippen LogP contribution in [0.1, 0.15) is 6.92 Å². The van der Waals surface area contributed by atoms with Crippen molar-refractivity contribution in [1.82, 2.24) is 0 Å². The zero-order valence-corrected chi connectivity index (χ0v) is 9.19. The summed E-state index contributed by atoms with van der Waals surface area (Å²) in [6.45, 7) is 1.08. The van der Waals surface area contributed by atoms with Gasteiger partial charge in [-0.1, -0.05) is 18.1 Å². The minimum absolute atomic E-state index is 0.293. The normalized spacial score (nSPS) is 8.76. The number of nitrogens with one attached hydrogen (secondary N) is 1. The molecular formula is C12H11NO4. The van der Waals surface area contributed by atoms with Crippen molar-refractivity contribution >= 4 is 17.6 Å². The molecule has 1 rings (SSSR count). The molecule has 1 aromatic rings. The molecule has 5 nitrogen and oxygen atoms in total. The molecule has 0 aliphatic carbocycles. The number of benzene rings is 1. The van der Waals surface area contributed by atoms with Crippen LogP contribution in [-0.4, -0.2) is 23.6 Å². The van der Waals surface area contributed by atoms with Crippen molar-refractivity contribution in [2.45, 2.75) is 6.92 Å². The van der Waals surface area contributed by atoms with E-state index in [1.54, 1.807) is 31.2 Å². The van der Waals surface area contributed by atoms with Crippen LogP contribution in [0.25, 0.3) is 0 Å². The molecule has 0 heterocycles. The summed E-state index contributed by atoms with van der Waals surface area (Å²) in [6, 6.07) is 6.55. The van der Waals surface area contributed by atoms with Crippen molar-refractivity contribution in [3.8, 4) is 17.6 Å². The third-order valence-electron chi connectivity index (χ3n) is 1.72. The number of rotatable bonds is 4. The Balaban J connectivity index is 2.79. The summed E-state index contributed by atoms with van der Waals surface area (Å²) < 4.78 is 5.02. The number of anilines is 1. The monoisotopic (exact) mass is 233 g/mol. The summed E-state index contributed by atoms with van der Waals surface area (Å²) in [7, 11) is 0. The second kappa shape index (κ2) is 6.18. The first-order valence-corrected chi connectivity index (χ1v) is 4.81. The second-order valence-electron chi connectivity index (χ2n) is 3.01. The lowest BCUT2D eigenvalue weighted by Crippen LogP contribution is -2.13. The van der Waals surface area contributed by atoms with Gasteiger partial charge in [-0.15, -0.1) is 0 Å². The minimum atomic E-state index is -1.08. The first-order valence-electron chi connectivity index (χ1n) is 4.81. The molecule has 2 N–H and O–H groups in total. The van der Waals surface area contributed by atoms with Gasteiger partial charge in [-0.2, -0.15) is 0 Å².